The Morgan fingerprint density at radius 3 is 3.14 bits per heavy atom. The van der Waals surface area contributed by atoms with E-state index in [-0.39, 0.29) is 18.0 Å². The fourth-order valence-corrected chi connectivity index (χ4v) is 0.945. The van der Waals surface area contributed by atoms with Gasteiger partial charge in [0.1, 0.15) is 11.4 Å². The number of aryl methyl sites for hydroxylation is 1. The summed E-state index contributed by atoms with van der Waals surface area (Å²) < 4.78 is 6.06. The second-order valence-electron chi connectivity index (χ2n) is 2.42. The first kappa shape index (κ1) is 10.1. The van der Waals surface area contributed by atoms with Crippen LogP contribution in [0.5, 0.6) is 0 Å². The summed E-state index contributed by atoms with van der Waals surface area (Å²) in [6.07, 6.45) is 1.31. The molecule has 1 aromatic rings. The maximum Gasteiger partial charge on any atom is 0.341 e. The Morgan fingerprint density at radius 2 is 2.57 bits per heavy atom. The molecule has 1 aromatic heterocycles. The first-order valence-electron chi connectivity index (χ1n) is 3.95. The van der Waals surface area contributed by atoms with Gasteiger partial charge in [-0.3, -0.25) is 4.68 Å². The molecule has 0 atom stereocenters. The molecule has 7 heteroatoms. The molecule has 0 aliphatic heterocycles. The summed E-state index contributed by atoms with van der Waals surface area (Å²) in [6, 6.07) is 0. The lowest BCUT2D eigenvalue weighted by Gasteiger charge is -1.99. The number of rotatable bonds is 3. The summed E-state index contributed by atoms with van der Waals surface area (Å²) in [5, 5.41) is 7.14. The van der Waals surface area contributed by atoms with Crippen molar-refractivity contribution >= 4 is 11.8 Å². The van der Waals surface area contributed by atoms with Crippen LogP contribution in [-0.2, 0) is 11.8 Å². The fourth-order valence-electron chi connectivity index (χ4n) is 0.945. The van der Waals surface area contributed by atoms with Gasteiger partial charge < -0.3 is 4.74 Å². The van der Waals surface area contributed by atoms with Gasteiger partial charge in [-0.25, -0.2) is 4.79 Å². The highest BCUT2D eigenvalue weighted by molar-refractivity contribution is 5.93. The van der Waals surface area contributed by atoms with Crippen LogP contribution in [0.15, 0.2) is 11.3 Å². The molecular weight excluding hydrogens is 186 g/mol. The molecule has 7 nitrogen and oxygen atoms in total. The largest absolute Gasteiger partial charge is 0.462 e. The number of carbonyl (C=O) groups is 1. The van der Waals surface area contributed by atoms with Crippen LogP contribution in [0.1, 0.15) is 17.3 Å². The third kappa shape index (κ3) is 1.83. The van der Waals surface area contributed by atoms with Crippen LogP contribution >= 0.6 is 0 Å². The lowest BCUT2D eigenvalue weighted by molar-refractivity contribution is 0.0527. The number of nitrogens with zero attached hydrogens (tertiary/aromatic N) is 5. The second-order valence-corrected chi connectivity index (χ2v) is 2.42. The van der Waals surface area contributed by atoms with Gasteiger partial charge in [0, 0.05) is 12.0 Å². The van der Waals surface area contributed by atoms with Crippen molar-refractivity contribution in [2.24, 2.45) is 12.2 Å². The van der Waals surface area contributed by atoms with Crippen molar-refractivity contribution in [1.29, 1.82) is 0 Å². The minimum Gasteiger partial charge on any atom is -0.462 e. The fraction of sp³-hybridized carbons (Fsp3) is 0.429. The Bertz CT molecular complexity index is 391. The third-order valence-corrected chi connectivity index (χ3v) is 1.54. The van der Waals surface area contributed by atoms with E-state index in [0.29, 0.717) is 0 Å². The molecule has 0 fully saturated rings. The number of esters is 1. The van der Waals surface area contributed by atoms with Crippen molar-refractivity contribution in [3.05, 3.63) is 22.2 Å². The van der Waals surface area contributed by atoms with Gasteiger partial charge in [-0.2, -0.15) is 5.10 Å². The zero-order chi connectivity index (χ0) is 10.6. The molecule has 1 rings (SSSR count). The van der Waals surface area contributed by atoms with Gasteiger partial charge in [-0.15, -0.1) is 0 Å². The molecule has 0 aliphatic carbocycles. The average molecular weight is 195 g/mol. The van der Waals surface area contributed by atoms with Gasteiger partial charge >= 0.3 is 5.97 Å². The van der Waals surface area contributed by atoms with Gasteiger partial charge in [0.15, 0.2) is 0 Å². The Labute approximate surface area is 79.9 Å². The monoisotopic (exact) mass is 195 g/mol. The summed E-state index contributed by atoms with van der Waals surface area (Å²) in [5.41, 5.74) is 8.44. The van der Waals surface area contributed by atoms with Crippen molar-refractivity contribution in [3.63, 3.8) is 0 Å². The zero-order valence-corrected chi connectivity index (χ0v) is 7.84. The lowest BCUT2D eigenvalue weighted by atomic mass is 10.3. The van der Waals surface area contributed by atoms with Gasteiger partial charge in [-0.05, 0) is 17.6 Å². The summed E-state index contributed by atoms with van der Waals surface area (Å²) >= 11 is 0. The number of carbonyl (C=O) groups excluding carboxylic acids is 1. The highest BCUT2D eigenvalue weighted by atomic mass is 16.5. The van der Waals surface area contributed by atoms with Crippen molar-refractivity contribution in [2.75, 3.05) is 6.61 Å². The molecule has 0 aromatic carbocycles. The van der Waals surface area contributed by atoms with Crippen LogP contribution in [0.3, 0.4) is 0 Å². The van der Waals surface area contributed by atoms with E-state index >= 15 is 0 Å². The molecule has 0 amide bonds. The van der Waals surface area contributed by atoms with Crippen molar-refractivity contribution in [2.45, 2.75) is 6.92 Å². The second kappa shape index (κ2) is 4.29. The molecule has 74 valence electrons. The SMILES string of the molecule is CCOC(=O)c1cnn(C)c1N=[N+]=[N-]. The molecule has 14 heavy (non-hydrogen) atoms. The van der Waals surface area contributed by atoms with Gasteiger partial charge in [0.2, 0.25) is 0 Å². The highest BCUT2D eigenvalue weighted by Gasteiger charge is 2.15. The Morgan fingerprint density at radius 1 is 1.86 bits per heavy atom. The predicted molar refractivity (Wildman–Crippen MR) is 48.0 cm³/mol. The Kier molecular flexibility index (Phi) is 3.09. The van der Waals surface area contributed by atoms with Gasteiger partial charge in [0.05, 0.1) is 12.8 Å². The van der Waals surface area contributed by atoms with E-state index in [9.17, 15) is 4.79 Å². The number of hydrogen-bond acceptors (Lipinski definition) is 4. The number of ether oxygens (including phenoxy) is 1. The number of hydrogen-bond donors (Lipinski definition) is 0. The predicted octanol–water partition coefficient (Wildman–Crippen LogP) is 1.54. The zero-order valence-electron chi connectivity index (χ0n) is 7.84. The summed E-state index contributed by atoms with van der Waals surface area (Å²) in [7, 11) is 1.58. The molecule has 0 radical (unpaired) electrons. The first-order chi connectivity index (χ1) is 6.70. The minimum atomic E-state index is -0.539. The molecule has 0 saturated heterocycles. The summed E-state index contributed by atoms with van der Waals surface area (Å²) in [6.45, 7) is 1.96. The van der Waals surface area contributed by atoms with Crippen LogP contribution in [-0.4, -0.2) is 22.4 Å². The first-order valence-corrected chi connectivity index (χ1v) is 3.95. The molecule has 0 N–H and O–H groups in total. The van der Waals surface area contributed by atoms with Crippen LogP contribution in [0.25, 0.3) is 10.4 Å². The van der Waals surface area contributed by atoms with Crippen LogP contribution < -0.4 is 0 Å². The van der Waals surface area contributed by atoms with Crippen molar-refractivity contribution < 1.29 is 9.53 Å². The summed E-state index contributed by atoms with van der Waals surface area (Å²) in [4.78, 5) is 13.9. The molecular formula is C7H9N5O2. The molecule has 0 aliphatic rings. The third-order valence-electron chi connectivity index (χ3n) is 1.54. The van der Waals surface area contributed by atoms with E-state index in [1.54, 1.807) is 14.0 Å². The molecule has 0 spiro atoms. The van der Waals surface area contributed by atoms with Crippen LogP contribution in [0.2, 0.25) is 0 Å². The normalized spacial score (nSPS) is 9.29. The summed E-state index contributed by atoms with van der Waals surface area (Å²) in [5.74, 6) is -0.381. The van der Waals surface area contributed by atoms with E-state index in [2.05, 4.69) is 15.1 Å². The van der Waals surface area contributed by atoms with E-state index in [0.717, 1.165) is 0 Å². The van der Waals surface area contributed by atoms with Gasteiger partial charge in [0.25, 0.3) is 0 Å². The number of aromatic nitrogens is 2. The van der Waals surface area contributed by atoms with E-state index in [4.69, 9.17) is 10.3 Å². The minimum absolute atomic E-state index is 0.158. The smallest absolute Gasteiger partial charge is 0.341 e. The molecule has 0 unspecified atom stereocenters. The average Bonchev–Trinajstić information content (AvgIpc) is 2.50. The van der Waals surface area contributed by atoms with E-state index < -0.39 is 5.97 Å². The lowest BCUT2D eigenvalue weighted by Crippen LogP contribution is -2.03. The molecule has 0 saturated carbocycles. The van der Waals surface area contributed by atoms with Crippen molar-refractivity contribution in [3.8, 4) is 0 Å². The van der Waals surface area contributed by atoms with Crippen LogP contribution in [0, 0.1) is 0 Å². The maximum atomic E-state index is 11.3. The van der Waals surface area contributed by atoms with E-state index in [1.165, 1.54) is 10.9 Å². The quantitative estimate of drug-likeness (QED) is 0.317. The van der Waals surface area contributed by atoms with E-state index in [1.807, 2.05) is 0 Å². The van der Waals surface area contributed by atoms with Crippen LogP contribution in [0.4, 0.5) is 5.82 Å². The number of azide groups is 1. The highest BCUT2D eigenvalue weighted by Crippen LogP contribution is 2.18. The topological polar surface area (TPSA) is 92.9 Å². The Hall–Kier alpha value is -2.01. The van der Waals surface area contributed by atoms with Crippen molar-refractivity contribution in [1.82, 2.24) is 9.78 Å². The molecule has 0 bridgehead atoms. The maximum absolute atomic E-state index is 11.3. The molecule has 1 heterocycles. The van der Waals surface area contributed by atoms with Gasteiger partial charge in [-0.1, -0.05) is 0 Å². The standard InChI is InChI=1S/C7H9N5O2/c1-3-14-7(13)5-4-9-12(2)6(5)10-11-8/h4H,3H2,1-2H3. The Balaban J connectivity index is 3.08.